The Morgan fingerprint density at radius 2 is 1.73 bits per heavy atom. The largest absolute Gasteiger partial charge is 0.480 e. The molecule has 2 atom stereocenters. The Kier molecular flexibility index (Phi) is 7.67. The topological polar surface area (TPSA) is 121 Å². The number of nitrogens with one attached hydrogen (secondary N) is 2. The Morgan fingerprint density at radius 1 is 1.12 bits per heavy atom. The van der Waals surface area contributed by atoms with Crippen LogP contribution in [0.25, 0.3) is 0 Å². The number of carbonyl (C=O) groups excluding carboxylic acids is 2. The summed E-state index contributed by atoms with van der Waals surface area (Å²) in [6.45, 7) is 9.03. The molecule has 2 amide bonds. The van der Waals surface area contributed by atoms with E-state index in [1.54, 1.807) is 20.8 Å². The van der Waals surface area contributed by atoms with Gasteiger partial charge in [-0.1, -0.05) is 47.5 Å². The maximum absolute atomic E-state index is 12.8. The minimum Gasteiger partial charge on any atom is -0.480 e. The van der Waals surface area contributed by atoms with E-state index >= 15 is 0 Å². The Morgan fingerprint density at radius 3 is 2.15 bits per heavy atom. The van der Waals surface area contributed by atoms with Crippen molar-refractivity contribution in [3.05, 3.63) is 24.3 Å². The molecular formula is C18H28N4O4. The highest BCUT2D eigenvalue weighted by Crippen LogP contribution is 2.21. The van der Waals surface area contributed by atoms with Crippen LogP contribution in [0.3, 0.4) is 0 Å². The first-order valence-electron chi connectivity index (χ1n) is 8.71. The van der Waals surface area contributed by atoms with E-state index in [9.17, 15) is 19.5 Å². The van der Waals surface area contributed by atoms with E-state index in [2.05, 4.69) is 20.6 Å². The van der Waals surface area contributed by atoms with Gasteiger partial charge in [-0.2, -0.15) is 0 Å². The molecule has 8 nitrogen and oxygen atoms in total. The second-order valence-corrected chi connectivity index (χ2v) is 7.26. The molecule has 0 saturated carbocycles. The Balaban J connectivity index is 3.03. The molecule has 0 aliphatic heterocycles. The Bertz CT molecular complexity index is 624. The normalized spacial score (nSPS) is 13.8. The van der Waals surface area contributed by atoms with Crippen molar-refractivity contribution in [1.82, 2.24) is 20.6 Å². The third-order valence-corrected chi connectivity index (χ3v) is 4.28. The van der Waals surface area contributed by atoms with Gasteiger partial charge in [0, 0.05) is 12.4 Å². The maximum Gasteiger partial charge on any atom is 0.326 e. The summed E-state index contributed by atoms with van der Waals surface area (Å²) < 4.78 is 0. The SMILES string of the molecule is CCC(CC)C(NC(=O)c1cnccn1)C(=O)NC(C(=O)O)C(C)(C)C. The lowest BCUT2D eigenvalue weighted by molar-refractivity contribution is -0.145. The van der Waals surface area contributed by atoms with Gasteiger partial charge in [-0.15, -0.1) is 0 Å². The van der Waals surface area contributed by atoms with Crippen LogP contribution < -0.4 is 10.6 Å². The number of carboxylic acid groups (broad SMARTS) is 1. The van der Waals surface area contributed by atoms with Crippen LogP contribution in [0.1, 0.15) is 57.9 Å². The summed E-state index contributed by atoms with van der Waals surface area (Å²) in [6, 6.07) is -1.93. The van der Waals surface area contributed by atoms with Crippen molar-refractivity contribution < 1.29 is 19.5 Å². The number of hydrogen-bond donors (Lipinski definition) is 3. The molecular weight excluding hydrogens is 336 g/mol. The molecule has 26 heavy (non-hydrogen) atoms. The van der Waals surface area contributed by atoms with Gasteiger partial charge in [-0.25, -0.2) is 9.78 Å². The summed E-state index contributed by atoms with van der Waals surface area (Å²) in [5.41, 5.74) is -0.573. The van der Waals surface area contributed by atoms with Crippen LogP contribution >= 0.6 is 0 Å². The highest BCUT2D eigenvalue weighted by atomic mass is 16.4. The van der Waals surface area contributed by atoms with Gasteiger partial charge in [0.15, 0.2) is 0 Å². The number of nitrogens with zero attached hydrogens (tertiary/aromatic N) is 2. The Hall–Kier alpha value is -2.51. The zero-order valence-corrected chi connectivity index (χ0v) is 15.9. The molecule has 0 fully saturated rings. The van der Waals surface area contributed by atoms with Gasteiger partial charge in [-0.05, 0) is 11.3 Å². The molecule has 0 radical (unpaired) electrons. The summed E-state index contributed by atoms with van der Waals surface area (Å²) in [5.74, 6) is -2.29. The van der Waals surface area contributed by atoms with Crippen LogP contribution in [-0.2, 0) is 9.59 Å². The predicted molar refractivity (Wildman–Crippen MR) is 96.4 cm³/mol. The molecule has 1 aromatic heterocycles. The molecule has 1 heterocycles. The van der Waals surface area contributed by atoms with E-state index in [4.69, 9.17) is 0 Å². The van der Waals surface area contributed by atoms with Crippen molar-refractivity contribution >= 4 is 17.8 Å². The van der Waals surface area contributed by atoms with Crippen LogP contribution in [0.4, 0.5) is 0 Å². The van der Waals surface area contributed by atoms with Crippen molar-refractivity contribution in [2.45, 2.75) is 59.5 Å². The molecule has 0 aromatic carbocycles. The second kappa shape index (κ2) is 9.26. The third kappa shape index (κ3) is 5.79. The van der Waals surface area contributed by atoms with Gasteiger partial charge in [0.1, 0.15) is 17.8 Å². The van der Waals surface area contributed by atoms with Crippen molar-refractivity contribution in [3.8, 4) is 0 Å². The lowest BCUT2D eigenvalue weighted by Gasteiger charge is -2.31. The number of aromatic nitrogens is 2. The molecule has 0 bridgehead atoms. The lowest BCUT2D eigenvalue weighted by atomic mass is 9.86. The quantitative estimate of drug-likeness (QED) is 0.644. The van der Waals surface area contributed by atoms with Crippen molar-refractivity contribution in [1.29, 1.82) is 0 Å². The summed E-state index contributed by atoms with van der Waals surface area (Å²) in [6.07, 6.45) is 5.46. The van der Waals surface area contributed by atoms with Gasteiger partial charge in [-0.3, -0.25) is 14.6 Å². The van der Waals surface area contributed by atoms with Gasteiger partial charge < -0.3 is 15.7 Å². The molecule has 0 saturated heterocycles. The number of aliphatic carboxylic acids is 1. The monoisotopic (exact) mass is 364 g/mol. The maximum atomic E-state index is 12.8. The molecule has 2 unspecified atom stereocenters. The molecule has 0 spiro atoms. The van der Waals surface area contributed by atoms with E-state index in [-0.39, 0.29) is 11.6 Å². The highest BCUT2D eigenvalue weighted by molar-refractivity contribution is 5.96. The fraction of sp³-hybridized carbons (Fsp3) is 0.611. The first-order valence-corrected chi connectivity index (χ1v) is 8.71. The molecule has 1 aromatic rings. The minimum absolute atomic E-state index is 0.0989. The zero-order chi connectivity index (χ0) is 19.9. The first-order chi connectivity index (χ1) is 12.1. The standard InChI is InChI=1S/C18H28N4O4/c1-6-11(7-2)13(21-15(23)12-10-19-8-9-20-12)16(24)22-14(17(25)26)18(3,4)5/h8-11,13-14H,6-7H2,1-5H3,(H,21,23)(H,22,24)(H,25,26). The van der Waals surface area contributed by atoms with Crippen LogP contribution in [0, 0.1) is 11.3 Å². The molecule has 0 aliphatic rings. The van der Waals surface area contributed by atoms with Crippen LogP contribution in [-0.4, -0.2) is 44.9 Å². The predicted octanol–water partition coefficient (Wildman–Crippen LogP) is 1.63. The fourth-order valence-corrected chi connectivity index (χ4v) is 2.67. The molecule has 8 heteroatoms. The highest BCUT2D eigenvalue weighted by Gasteiger charge is 2.36. The van der Waals surface area contributed by atoms with Crippen LogP contribution in [0.2, 0.25) is 0 Å². The second-order valence-electron chi connectivity index (χ2n) is 7.26. The van der Waals surface area contributed by atoms with E-state index in [1.807, 2.05) is 13.8 Å². The average molecular weight is 364 g/mol. The smallest absolute Gasteiger partial charge is 0.326 e. The van der Waals surface area contributed by atoms with E-state index in [0.29, 0.717) is 12.8 Å². The first kappa shape index (κ1) is 21.5. The summed E-state index contributed by atoms with van der Waals surface area (Å²) in [5, 5.41) is 14.7. The van der Waals surface area contributed by atoms with Crippen molar-refractivity contribution in [2.24, 2.45) is 11.3 Å². The molecule has 1 rings (SSSR count). The van der Waals surface area contributed by atoms with Gasteiger partial charge in [0.2, 0.25) is 5.91 Å². The van der Waals surface area contributed by atoms with Crippen LogP contribution in [0.15, 0.2) is 18.6 Å². The summed E-state index contributed by atoms with van der Waals surface area (Å²) in [7, 11) is 0. The molecule has 144 valence electrons. The number of hydrogen-bond acceptors (Lipinski definition) is 5. The van der Waals surface area contributed by atoms with Gasteiger partial charge >= 0.3 is 5.97 Å². The number of amides is 2. The fourth-order valence-electron chi connectivity index (χ4n) is 2.67. The number of carbonyl (C=O) groups is 3. The number of rotatable bonds is 8. The van der Waals surface area contributed by atoms with E-state index < -0.39 is 35.3 Å². The van der Waals surface area contributed by atoms with Gasteiger partial charge in [0.05, 0.1) is 6.20 Å². The van der Waals surface area contributed by atoms with Crippen molar-refractivity contribution in [2.75, 3.05) is 0 Å². The summed E-state index contributed by atoms with van der Waals surface area (Å²) in [4.78, 5) is 44.5. The van der Waals surface area contributed by atoms with E-state index in [0.717, 1.165) is 0 Å². The van der Waals surface area contributed by atoms with Crippen molar-refractivity contribution in [3.63, 3.8) is 0 Å². The molecule has 3 N–H and O–H groups in total. The lowest BCUT2D eigenvalue weighted by Crippen LogP contribution is -2.57. The molecule has 0 aliphatic carbocycles. The summed E-state index contributed by atoms with van der Waals surface area (Å²) >= 11 is 0. The zero-order valence-electron chi connectivity index (χ0n) is 15.9. The van der Waals surface area contributed by atoms with E-state index in [1.165, 1.54) is 18.6 Å². The minimum atomic E-state index is -1.12. The van der Waals surface area contributed by atoms with Crippen LogP contribution in [0.5, 0.6) is 0 Å². The third-order valence-electron chi connectivity index (χ3n) is 4.28. The van der Waals surface area contributed by atoms with Gasteiger partial charge in [0.25, 0.3) is 5.91 Å². The average Bonchev–Trinajstić information content (AvgIpc) is 2.58. The number of carboxylic acids is 1. The Labute approximate surface area is 153 Å².